The Balaban J connectivity index is 2.31. The summed E-state index contributed by atoms with van der Waals surface area (Å²) in [6.45, 7) is 0.128. The van der Waals surface area contributed by atoms with Crippen molar-refractivity contribution in [2.24, 2.45) is 0 Å². The standard InChI is InChI=1S/C12H14N2O2/c1-16-11-4-2-9(3-5-11)12-10(6-7-15)8-13-14-12/h2-5,8,15H,6-7H2,1H3,(H,13,14). The van der Waals surface area contributed by atoms with Gasteiger partial charge in [0.05, 0.1) is 19.0 Å². The molecule has 0 atom stereocenters. The third-order valence-electron chi connectivity index (χ3n) is 2.48. The van der Waals surface area contributed by atoms with Gasteiger partial charge < -0.3 is 9.84 Å². The zero-order valence-electron chi connectivity index (χ0n) is 9.10. The lowest BCUT2D eigenvalue weighted by molar-refractivity contribution is 0.300. The largest absolute Gasteiger partial charge is 0.497 e. The molecular weight excluding hydrogens is 204 g/mol. The molecule has 2 N–H and O–H groups in total. The molecule has 84 valence electrons. The number of aromatic amines is 1. The molecule has 0 amide bonds. The van der Waals surface area contributed by atoms with E-state index in [1.165, 1.54) is 0 Å². The molecule has 1 heterocycles. The SMILES string of the molecule is COc1ccc(-c2[nH]ncc2CCO)cc1. The van der Waals surface area contributed by atoms with Gasteiger partial charge in [0.2, 0.25) is 0 Å². The highest BCUT2D eigenvalue weighted by molar-refractivity contribution is 5.63. The van der Waals surface area contributed by atoms with E-state index in [2.05, 4.69) is 10.2 Å². The molecule has 1 aromatic heterocycles. The van der Waals surface area contributed by atoms with Crippen molar-refractivity contribution >= 4 is 0 Å². The van der Waals surface area contributed by atoms with Gasteiger partial charge in [-0.15, -0.1) is 0 Å². The molecular formula is C12H14N2O2. The molecule has 0 aliphatic rings. The molecule has 16 heavy (non-hydrogen) atoms. The van der Waals surface area contributed by atoms with Crippen LogP contribution in [-0.4, -0.2) is 29.0 Å². The number of rotatable bonds is 4. The fraction of sp³-hybridized carbons (Fsp3) is 0.250. The Morgan fingerprint density at radius 2 is 2.06 bits per heavy atom. The molecule has 0 aliphatic carbocycles. The highest BCUT2D eigenvalue weighted by Gasteiger charge is 2.06. The summed E-state index contributed by atoms with van der Waals surface area (Å²) in [5.74, 6) is 0.826. The summed E-state index contributed by atoms with van der Waals surface area (Å²) in [6.07, 6.45) is 2.35. The molecule has 0 saturated carbocycles. The fourth-order valence-corrected chi connectivity index (χ4v) is 1.63. The monoisotopic (exact) mass is 218 g/mol. The predicted octanol–water partition coefficient (Wildman–Crippen LogP) is 1.62. The van der Waals surface area contributed by atoms with Crippen LogP contribution in [0.2, 0.25) is 0 Å². The maximum Gasteiger partial charge on any atom is 0.118 e. The summed E-state index contributed by atoms with van der Waals surface area (Å²) in [5, 5.41) is 15.9. The lowest BCUT2D eigenvalue weighted by Gasteiger charge is -2.03. The Bertz CT molecular complexity index is 448. The van der Waals surface area contributed by atoms with Gasteiger partial charge in [0, 0.05) is 17.7 Å². The Morgan fingerprint density at radius 3 is 2.69 bits per heavy atom. The number of H-pyrrole nitrogens is 1. The van der Waals surface area contributed by atoms with Gasteiger partial charge in [-0.25, -0.2) is 0 Å². The minimum Gasteiger partial charge on any atom is -0.497 e. The first-order valence-electron chi connectivity index (χ1n) is 5.12. The molecule has 0 saturated heterocycles. The van der Waals surface area contributed by atoms with Crippen LogP contribution >= 0.6 is 0 Å². The van der Waals surface area contributed by atoms with Gasteiger partial charge in [0.1, 0.15) is 5.75 Å². The zero-order chi connectivity index (χ0) is 11.4. The average molecular weight is 218 g/mol. The third-order valence-corrected chi connectivity index (χ3v) is 2.48. The van der Waals surface area contributed by atoms with Crippen LogP contribution in [-0.2, 0) is 6.42 Å². The van der Waals surface area contributed by atoms with Gasteiger partial charge in [0.15, 0.2) is 0 Å². The lowest BCUT2D eigenvalue weighted by atomic mass is 10.1. The summed E-state index contributed by atoms with van der Waals surface area (Å²) >= 11 is 0. The second-order valence-electron chi connectivity index (χ2n) is 3.47. The van der Waals surface area contributed by atoms with Crippen molar-refractivity contribution in [1.29, 1.82) is 0 Å². The number of nitrogens with zero attached hydrogens (tertiary/aromatic N) is 1. The van der Waals surface area contributed by atoms with Crippen LogP contribution in [0.3, 0.4) is 0 Å². The van der Waals surface area contributed by atoms with Gasteiger partial charge in [-0.3, -0.25) is 5.10 Å². The van der Waals surface area contributed by atoms with Crippen LogP contribution in [0.15, 0.2) is 30.5 Å². The van der Waals surface area contributed by atoms with E-state index in [0.717, 1.165) is 22.6 Å². The second kappa shape index (κ2) is 4.81. The highest BCUT2D eigenvalue weighted by Crippen LogP contribution is 2.23. The van der Waals surface area contributed by atoms with Crippen LogP contribution in [0, 0.1) is 0 Å². The summed E-state index contributed by atoms with van der Waals surface area (Å²) in [5.41, 5.74) is 3.02. The number of hydrogen-bond donors (Lipinski definition) is 2. The van der Waals surface area contributed by atoms with E-state index in [1.54, 1.807) is 13.3 Å². The number of hydrogen-bond acceptors (Lipinski definition) is 3. The summed E-state index contributed by atoms with van der Waals surface area (Å²) in [7, 11) is 1.64. The van der Waals surface area contributed by atoms with Crippen LogP contribution in [0.5, 0.6) is 5.75 Å². The third kappa shape index (κ3) is 2.06. The minimum absolute atomic E-state index is 0.128. The van der Waals surface area contributed by atoms with Gasteiger partial charge in [0.25, 0.3) is 0 Å². The van der Waals surface area contributed by atoms with Crippen LogP contribution in [0.25, 0.3) is 11.3 Å². The second-order valence-corrected chi connectivity index (χ2v) is 3.47. The molecule has 0 aliphatic heterocycles. The van der Waals surface area contributed by atoms with Crippen LogP contribution < -0.4 is 4.74 Å². The lowest BCUT2D eigenvalue weighted by Crippen LogP contribution is -1.91. The topological polar surface area (TPSA) is 58.1 Å². The van der Waals surface area contributed by atoms with Gasteiger partial charge in [-0.05, 0) is 30.7 Å². The van der Waals surface area contributed by atoms with E-state index in [9.17, 15) is 0 Å². The summed E-state index contributed by atoms with van der Waals surface area (Å²) in [4.78, 5) is 0. The van der Waals surface area contributed by atoms with E-state index in [4.69, 9.17) is 9.84 Å². The molecule has 0 bridgehead atoms. The first kappa shape index (κ1) is 10.7. The number of aliphatic hydroxyl groups excluding tert-OH is 1. The molecule has 0 unspecified atom stereocenters. The number of aliphatic hydroxyl groups is 1. The van der Waals surface area contributed by atoms with Crippen molar-refractivity contribution in [3.05, 3.63) is 36.0 Å². The molecule has 1 aromatic carbocycles. The number of aromatic nitrogens is 2. The van der Waals surface area contributed by atoms with Crippen molar-refractivity contribution in [3.8, 4) is 17.0 Å². The Hall–Kier alpha value is -1.81. The van der Waals surface area contributed by atoms with Crippen molar-refractivity contribution in [3.63, 3.8) is 0 Å². The Kier molecular flexibility index (Phi) is 3.22. The van der Waals surface area contributed by atoms with E-state index < -0.39 is 0 Å². The first-order valence-corrected chi connectivity index (χ1v) is 5.12. The summed E-state index contributed by atoms with van der Waals surface area (Å²) < 4.78 is 5.10. The molecule has 2 rings (SSSR count). The van der Waals surface area contributed by atoms with Crippen molar-refractivity contribution in [2.45, 2.75) is 6.42 Å². The van der Waals surface area contributed by atoms with E-state index in [-0.39, 0.29) is 6.61 Å². The molecule has 2 aromatic rings. The van der Waals surface area contributed by atoms with Gasteiger partial charge in [-0.2, -0.15) is 5.10 Å². The van der Waals surface area contributed by atoms with E-state index in [0.29, 0.717) is 6.42 Å². The Morgan fingerprint density at radius 1 is 1.31 bits per heavy atom. The molecule has 4 heteroatoms. The van der Waals surface area contributed by atoms with Gasteiger partial charge in [-0.1, -0.05) is 0 Å². The van der Waals surface area contributed by atoms with Crippen molar-refractivity contribution in [1.82, 2.24) is 10.2 Å². The normalized spacial score (nSPS) is 10.4. The van der Waals surface area contributed by atoms with E-state index >= 15 is 0 Å². The first-order chi connectivity index (χ1) is 7.85. The smallest absolute Gasteiger partial charge is 0.118 e. The number of ether oxygens (including phenoxy) is 1. The molecule has 0 spiro atoms. The number of nitrogens with one attached hydrogen (secondary N) is 1. The maximum absolute atomic E-state index is 8.93. The minimum atomic E-state index is 0.128. The number of methoxy groups -OCH3 is 1. The van der Waals surface area contributed by atoms with Gasteiger partial charge >= 0.3 is 0 Å². The fourth-order valence-electron chi connectivity index (χ4n) is 1.63. The van der Waals surface area contributed by atoms with E-state index in [1.807, 2.05) is 24.3 Å². The highest BCUT2D eigenvalue weighted by atomic mass is 16.5. The van der Waals surface area contributed by atoms with Crippen LogP contribution in [0.1, 0.15) is 5.56 Å². The van der Waals surface area contributed by atoms with Crippen LogP contribution in [0.4, 0.5) is 0 Å². The molecule has 4 nitrogen and oxygen atoms in total. The molecule has 0 radical (unpaired) electrons. The molecule has 0 fully saturated rings. The maximum atomic E-state index is 8.93. The predicted molar refractivity (Wildman–Crippen MR) is 61.4 cm³/mol. The number of benzene rings is 1. The van der Waals surface area contributed by atoms with Crippen molar-refractivity contribution in [2.75, 3.05) is 13.7 Å². The zero-order valence-corrected chi connectivity index (χ0v) is 9.10. The van der Waals surface area contributed by atoms with Crippen molar-refractivity contribution < 1.29 is 9.84 Å². The summed E-state index contributed by atoms with van der Waals surface area (Å²) in [6, 6.07) is 7.73. The quantitative estimate of drug-likeness (QED) is 0.819. The average Bonchev–Trinajstić information content (AvgIpc) is 2.78. The Labute approximate surface area is 93.9 Å².